The lowest BCUT2D eigenvalue weighted by molar-refractivity contribution is -0.113. The molecule has 9 heteroatoms. The zero-order valence-corrected chi connectivity index (χ0v) is 19.0. The van der Waals surface area contributed by atoms with Crippen molar-refractivity contribution in [2.75, 3.05) is 18.2 Å². The van der Waals surface area contributed by atoms with Crippen molar-refractivity contribution < 1.29 is 14.3 Å². The number of hydrogen-bond acceptors (Lipinski definition) is 6. The molecule has 7 nitrogen and oxygen atoms in total. The topological polar surface area (TPSA) is 90.3 Å². The van der Waals surface area contributed by atoms with Gasteiger partial charge in [-0.15, -0.1) is 0 Å². The SMILES string of the molecule is COC(=O)c1ccc2c(=O)n(-c3ccccc3)c(SCC(=O)Nc3ccccc3Cl)nc2c1. The second-order valence-corrected chi connectivity index (χ2v) is 8.26. The number of nitrogens with one attached hydrogen (secondary N) is 1. The fraction of sp³-hybridized carbons (Fsp3) is 0.0833. The van der Waals surface area contributed by atoms with Crippen molar-refractivity contribution in [1.29, 1.82) is 0 Å². The predicted octanol–water partition coefficient (Wildman–Crippen LogP) is 4.56. The summed E-state index contributed by atoms with van der Waals surface area (Å²) in [5, 5.41) is 3.84. The number of anilines is 1. The maximum absolute atomic E-state index is 13.4. The van der Waals surface area contributed by atoms with Crippen molar-refractivity contribution in [3.8, 4) is 5.69 Å². The fourth-order valence-corrected chi connectivity index (χ4v) is 4.19. The first-order valence-corrected chi connectivity index (χ1v) is 11.2. The van der Waals surface area contributed by atoms with Crippen LogP contribution in [0.3, 0.4) is 0 Å². The van der Waals surface area contributed by atoms with Crippen LogP contribution in [0.2, 0.25) is 5.02 Å². The molecule has 0 spiro atoms. The fourth-order valence-electron chi connectivity index (χ4n) is 3.19. The second kappa shape index (κ2) is 9.89. The smallest absolute Gasteiger partial charge is 0.337 e. The van der Waals surface area contributed by atoms with E-state index in [1.165, 1.54) is 23.8 Å². The Morgan fingerprint density at radius 2 is 1.79 bits per heavy atom. The zero-order valence-electron chi connectivity index (χ0n) is 17.4. The number of aromatic nitrogens is 2. The van der Waals surface area contributed by atoms with Gasteiger partial charge in [0.15, 0.2) is 5.16 Å². The molecule has 0 radical (unpaired) electrons. The molecular formula is C24H18ClN3O4S. The lowest BCUT2D eigenvalue weighted by atomic mass is 10.1. The van der Waals surface area contributed by atoms with Crippen LogP contribution in [0.4, 0.5) is 5.69 Å². The maximum Gasteiger partial charge on any atom is 0.337 e. The van der Waals surface area contributed by atoms with Crippen molar-refractivity contribution in [3.63, 3.8) is 0 Å². The summed E-state index contributed by atoms with van der Waals surface area (Å²) in [4.78, 5) is 42.4. The highest BCUT2D eigenvalue weighted by Gasteiger charge is 2.17. The summed E-state index contributed by atoms with van der Waals surface area (Å²) >= 11 is 7.22. The van der Waals surface area contributed by atoms with Crippen molar-refractivity contribution in [2.24, 2.45) is 0 Å². The lowest BCUT2D eigenvalue weighted by Crippen LogP contribution is -2.23. The second-order valence-electron chi connectivity index (χ2n) is 6.91. The summed E-state index contributed by atoms with van der Waals surface area (Å²) < 4.78 is 6.22. The van der Waals surface area contributed by atoms with E-state index in [0.717, 1.165) is 11.8 Å². The molecule has 1 amide bonds. The van der Waals surface area contributed by atoms with Crippen molar-refractivity contribution >= 4 is 51.8 Å². The quantitative estimate of drug-likeness (QED) is 0.248. The Hall–Kier alpha value is -3.62. The predicted molar refractivity (Wildman–Crippen MR) is 129 cm³/mol. The number of ether oxygens (including phenoxy) is 1. The molecule has 4 rings (SSSR count). The Morgan fingerprint density at radius 1 is 1.06 bits per heavy atom. The third kappa shape index (κ3) is 4.92. The van der Waals surface area contributed by atoms with Crippen LogP contribution >= 0.6 is 23.4 Å². The number of methoxy groups -OCH3 is 1. The highest BCUT2D eigenvalue weighted by Crippen LogP contribution is 2.24. The highest BCUT2D eigenvalue weighted by molar-refractivity contribution is 7.99. The van der Waals surface area contributed by atoms with Gasteiger partial charge in [-0.05, 0) is 42.5 Å². The van der Waals surface area contributed by atoms with E-state index in [-0.39, 0.29) is 22.8 Å². The summed E-state index contributed by atoms with van der Waals surface area (Å²) in [6, 6.07) is 20.5. The molecule has 0 bridgehead atoms. The molecule has 0 unspecified atom stereocenters. The van der Waals surface area contributed by atoms with Crippen LogP contribution in [0.15, 0.2) is 82.7 Å². The molecule has 0 atom stereocenters. The molecule has 4 aromatic rings. The number of hydrogen-bond donors (Lipinski definition) is 1. The number of carbonyl (C=O) groups excluding carboxylic acids is 2. The van der Waals surface area contributed by atoms with Crippen LogP contribution in [-0.2, 0) is 9.53 Å². The van der Waals surface area contributed by atoms with Crippen LogP contribution in [-0.4, -0.2) is 34.3 Å². The van der Waals surface area contributed by atoms with Gasteiger partial charge in [0.2, 0.25) is 5.91 Å². The molecule has 0 aliphatic carbocycles. The molecule has 1 heterocycles. The minimum atomic E-state index is -0.528. The number of carbonyl (C=O) groups is 2. The monoisotopic (exact) mass is 479 g/mol. The molecule has 1 N–H and O–H groups in total. The number of halogens is 1. The van der Waals surface area contributed by atoms with Crippen LogP contribution in [0.5, 0.6) is 0 Å². The van der Waals surface area contributed by atoms with E-state index in [1.807, 2.05) is 18.2 Å². The van der Waals surface area contributed by atoms with Gasteiger partial charge in [-0.2, -0.15) is 0 Å². The van der Waals surface area contributed by atoms with E-state index in [1.54, 1.807) is 42.5 Å². The Bertz CT molecular complexity index is 1410. The molecule has 0 saturated carbocycles. The summed E-state index contributed by atoms with van der Waals surface area (Å²) in [5.74, 6) is -0.836. The van der Waals surface area contributed by atoms with Crippen molar-refractivity contribution in [2.45, 2.75) is 5.16 Å². The lowest BCUT2D eigenvalue weighted by Gasteiger charge is -2.14. The summed E-state index contributed by atoms with van der Waals surface area (Å²) in [6.45, 7) is 0. The van der Waals surface area contributed by atoms with Crippen LogP contribution in [0, 0.1) is 0 Å². The van der Waals surface area contributed by atoms with E-state index in [9.17, 15) is 14.4 Å². The van der Waals surface area contributed by atoms with E-state index in [0.29, 0.717) is 32.5 Å². The Balaban J connectivity index is 1.72. The van der Waals surface area contributed by atoms with Crippen LogP contribution in [0.25, 0.3) is 16.6 Å². The first-order chi connectivity index (χ1) is 16.0. The van der Waals surface area contributed by atoms with Gasteiger partial charge in [-0.1, -0.05) is 53.7 Å². The van der Waals surface area contributed by atoms with E-state index in [4.69, 9.17) is 16.3 Å². The first-order valence-electron chi connectivity index (χ1n) is 9.85. The van der Waals surface area contributed by atoms with Gasteiger partial charge in [-0.3, -0.25) is 14.2 Å². The van der Waals surface area contributed by atoms with E-state index < -0.39 is 5.97 Å². The Morgan fingerprint density at radius 3 is 2.52 bits per heavy atom. The van der Waals surface area contributed by atoms with Gasteiger partial charge >= 0.3 is 5.97 Å². The summed E-state index contributed by atoms with van der Waals surface area (Å²) in [6.07, 6.45) is 0. The normalized spacial score (nSPS) is 10.7. The van der Waals surface area contributed by atoms with Gasteiger partial charge in [0.1, 0.15) is 0 Å². The first kappa shape index (κ1) is 22.6. The van der Waals surface area contributed by atoms with Crippen LogP contribution in [0.1, 0.15) is 10.4 Å². The maximum atomic E-state index is 13.4. The van der Waals surface area contributed by atoms with E-state index >= 15 is 0 Å². The number of amides is 1. The Kier molecular flexibility index (Phi) is 6.76. The van der Waals surface area contributed by atoms with Gasteiger partial charge in [0.05, 0.1) is 45.7 Å². The minimum Gasteiger partial charge on any atom is -0.465 e. The molecule has 0 fully saturated rings. The standard InChI is InChI=1S/C24H18ClN3O4S/c1-32-23(31)15-11-12-17-20(13-15)27-24(28(22(17)30)16-7-3-2-4-8-16)33-14-21(29)26-19-10-6-5-9-18(19)25/h2-13H,14H2,1H3,(H,26,29). The van der Waals surface area contributed by atoms with Crippen LogP contribution < -0.4 is 10.9 Å². The number of thioether (sulfide) groups is 1. The number of fused-ring (bicyclic) bond motifs is 1. The number of esters is 1. The molecular weight excluding hydrogens is 462 g/mol. The van der Waals surface area contributed by atoms with Crippen molar-refractivity contribution in [1.82, 2.24) is 9.55 Å². The van der Waals surface area contributed by atoms with Gasteiger partial charge in [-0.25, -0.2) is 9.78 Å². The molecule has 33 heavy (non-hydrogen) atoms. The van der Waals surface area contributed by atoms with E-state index in [2.05, 4.69) is 10.3 Å². The third-order valence-electron chi connectivity index (χ3n) is 4.75. The largest absolute Gasteiger partial charge is 0.465 e. The zero-order chi connectivity index (χ0) is 23.4. The molecule has 1 aromatic heterocycles. The third-order valence-corrected chi connectivity index (χ3v) is 6.02. The molecule has 0 aliphatic rings. The molecule has 0 saturated heterocycles. The van der Waals surface area contributed by atoms with Gasteiger partial charge < -0.3 is 10.1 Å². The Labute approximate surface area is 198 Å². The number of rotatable bonds is 6. The van der Waals surface area contributed by atoms with Crippen molar-refractivity contribution in [3.05, 3.63) is 93.7 Å². The summed E-state index contributed by atoms with van der Waals surface area (Å²) in [7, 11) is 1.28. The molecule has 166 valence electrons. The minimum absolute atomic E-state index is 0.00725. The van der Waals surface area contributed by atoms with Gasteiger partial charge in [0, 0.05) is 0 Å². The number of para-hydroxylation sites is 2. The number of benzene rings is 3. The average Bonchev–Trinajstić information content (AvgIpc) is 2.84. The summed E-state index contributed by atoms with van der Waals surface area (Å²) in [5.41, 5.74) is 1.42. The molecule has 0 aliphatic heterocycles. The number of nitrogens with zero attached hydrogens (tertiary/aromatic N) is 2. The highest BCUT2D eigenvalue weighted by atomic mass is 35.5. The average molecular weight is 480 g/mol. The molecule has 3 aromatic carbocycles. The van der Waals surface area contributed by atoms with Gasteiger partial charge in [0.25, 0.3) is 5.56 Å².